The van der Waals surface area contributed by atoms with Crippen LogP contribution in [0, 0.1) is 5.82 Å². The van der Waals surface area contributed by atoms with Gasteiger partial charge in [0.25, 0.3) is 10.2 Å². The molecule has 0 aliphatic heterocycles. The lowest BCUT2D eigenvalue weighted by Gasteiger charge is -2.08. The standard InChI is InChI=1S/C13H17FN2O4S/c1-2-7-15-21(19,20)16-9-11-8-10(3-5-12(11)14)4-6-13(17)18/h3-6,8,15-16H,2,7,9H2,1H3,(H,17,18)/b6-4+. The van der Waals surface area contributed by atoms with Crippen molar-refractivity contribution in [2.24, 2.45) is 0 Å². The Kier molecular flexibility index (Phi) is 6.47. The minimum atomic E-state index is -3.68. The molecule has 6 nitrogen and oxygen atoms in total. The van der Waals surface area contributed by atoms with Crippen LogP contribution < -0.4 is 9.44 Å². The molecule has 0 bridgehead atoms. The lowest BCUT2D eigenvalue weighted by molar-refractivity contribution is -0.131. The highest BCUT2D eigenvalue weighted by Gasteiger charge is 2.10. The molecule has 116 valence electrons. The van der Waals surface area contributed by atoms with E-state index < -0.39 is 22.0 Å². The van der Waals surface area contributed by atoms with Gasteiger partial charge in [-0.25, -0.2) is 13.9 Å². The second kappa shape index (κ2) is 7.87. The molecular weight excluding hydrogens is 299 g/mol. The van der Waals surface area contributed by atoms with Gasteiger partial charge >= 0.3 is 5.97 Å². The monoisotopic (exact) mass is 316 g/mol. The smallest absolute Gasteiger partial charge is 0.328 e. The molecule has 1 aromatic rings. The van der Waals surface area contributed by atoms with Gasteiger partial charge in [-0.05, 0) is 30.2 Å². The third-order valence-corrected chi connectivity index (χ3v) is 3.59. The summed E-state index contributed by atoms with van der Waals surface area (Å²) in [6.07, 6.45) is 2.86. The van der Waals surface area contributed by atoms with Crippen LogP contribution in [0.15, 0.2) is 24.3 Å². The van der Waals surface area contributed by atoms with Gasteiger partial charge in [0.2, 0.25) is 0 Å². The summed E-state index contributed by atoms with van der Waals surface area (Å²) < 4.78 is 41.2. The van der Waals surface area contributed by atoms with E-state index in [0.717, 1.165) is 12.1 Å². The zero-order valence-corrected chi connectivity index (χ0v) is 12.3. The number of hydrogen-bond acceptors (Lipinski definition) is 3. The Morgan fingerprint density at radius 2 is 2.10 bits per heavy atom. The largest absolute Gasteiger partial charge is 0.478 e. The summed E-state index contributed by atoms with van der Waals surface area (Å²) >= 11 is 0. The molecule has 0 atom stereocenters. The van der Waals surface area contributed by atoms with Crippen LogP contribution in [0.5, 0.6) is 0 Å². The Bertz CT molecular complexity index is 629. The van der Waals surface area contributed by atoms with E-state index in [4.69, 9.17) is 5.11 Å². The number of carboxylic acid groups (broad SMARTS) is 1. The Morgan fingerprint density at radius 1 is 1.38 bits per heavy atom. The number of benzene rings is 1. The van der Waals surface area contributed by atoms with Crippen molar-refractivity contribution < 1.29 is 22.7 Å². The Balaban J connectivity index is 2.79. The zero-order chi connectivity index (χ0) is 15.9. The molecule has 0 fully saturated rings. The highest BCUT2D eigenvalue weighted by Crippen LogP contribution is 2.12. The number of carbonyl (C=O) groups is 1. The van der Waals surface area contributed by atoms with Crippen molar-refractivity contribution in [3.05, 3.63) is 41.2 Å². The van der Waals surface area contributed by atoms with Gasteiger partial charge in [0.1, 0.15) is 5.82 Å². The van der Waals surface area contributed by atoms with Crippen LogP contribution in [0.25, 0.3) is 6.08 Å². The quantitative estimate of drug-likeness (QED) is 0.629. The molecule has 0 aromatic heterocycles. The first-order valence-corrected chi connectivity index (χ1v) is 7.76. The summed E-state index contributed by atoms with van der Waals surface area (Å²) in [5.74, 6) is -1.69. The van der Waals surface area contributed by atoms with E-state index in [9.17, 15) is 17.6 Å². The molecule has 1 aromatic carbocycles. The van der Waals surface area contributed by atoms with Crippen LogP contribution in [-0.2, 0) is 21.5 Å². The average Bonchev–Trinajstić information content (AvgIpc) is 2.43. The van der Waals surface area contributed by atoms with E-state index in [1.165, 1.54) is 18.2 Å². The molecule has 0 heterocycles. The molecule has 0 radical (unpaired) electrons. The van der Waals surface area contributed by atoms with Gasteiger partial charge in [0.15, 0.2) is 0 Å². The van der Waals surface area contributed by atoms with Gasteiger partial charge in [0.05, 0.1) is 0 Å². The molecule has 0 unspecified atom stereocenters. The van der Waals surface area contributed by atoms with Crippen molar-refractivity contribution in [2.45, 2.75) is 19.9 Å². The average molecular weight is 316 g/mol. The van der Waals surface area contributed by atoms with Crippen molar-refractivity contribution >= 4 is 22.3 Å². The fourth-order valence-corrected chi connectivity index (χ4v) is 2.38. The van der Waals surface area contributed by atoms with Crippen LogP contribution in [0.2, 0.25) is 0 Å². The third kappa shape index (κ3) is 6.48. The normalized spacial score (nSPS) is 11.9. The van der Waals surface area contributed by atoms with Gasteiger partial charge in [-0.2, -0.15) is 13.1 Å². The summed E-state index contributed by atoms with van der Waals surface area (Å²) in [4.78, 5) is 10.4. The Hall–Kier alpha value is -1.77. The third-order valence-electron chi connectivity index (χ3n) is 2.48. The van der Waals surface area contributed by atoms with Crippen LogP contribution in [0.4, 0.5) is 4.39 Å². The summed E-state index contributed by atoms with van der Waals surface area (Å²) in [6, 6.07) is 3.95. The predicted octanol–water partition coefficient (Wildman–Crippen LogP) is 1.26. The molecule has 0 amide bonds. The predicted molar refractivity (Wildman–Crippen MR) is 77.1 cm³/mol. The molecule has 1 rings (SSSR count). The highest BCUT2D eigenvalue weighted by atomic mass is 32.2. The van der Waals surface area contributed by atoms with Gasteiger partial charge in [-0.15, -0.1) is 0 Å². The number of aliphatic carboxylic acids is 1. The second-order valence-electron chi connectivity index (χ2n) is 4.24. The van der Waals surface area contributed by atoms with E-state index in [2.05, 4.69) is 9.44 Å². The number of halogens is 1. The molecule has 0 aliphatic rings. The molecule has 0 spiro atoms. The maximum Gasteiger partial charge on any atom is 0.328 e. The highest BCUT2D eigenvalue weighted by molar-refractivity contribution is 7.87. The van der Waals surface area contributed by atoms with E-state index >= 15 is 0 Å². The zero-order valence-electron chi connectivity index (χ0n) is 11.5. The lowest BCUT2D eigenvalue weighted by atomic mass is 10.1. The molecule has 0 aliphatic carbocycles. The number of nitrogens with one attached hydrogen (secondary N) is 2. The summed E-state index contributed by atoms with van der Waals surface area (Å²) in [7, 11) is -3.68. The molecule has 3 N–H and O–H groups in total. The summed E-state index contributed by atoms with van der Waals surface area (Å²) in [6.45, 7) is 1.89. The fourth-order valence-electron chi connectivity index (χ4n) is 1.46. The van der Waals surface area contributed by atoms with Crippen LogP contribution in [-0.4, -0.2) is 26.0 Å². The van der Waals surface area contributed by atoms with Gasteiger partial charge in [-0.3, -0.25) is 0 Å². The first-order valence-electron chi connectivity index (χ1n) is 6.27. The molecular formula is C13H17FN2O4S. The second-order valence-corrected chi connectivity index (χ2v) is 5.83. The first-order chi connectivity index (χ1) is 9.84. The van der Waals surface area contributed by atoms with Crippen LogP contribution in [0.1, 0.15) is 24.5 Å². The maximum atomic E-state index is 13.6. The number of rotatable bonds is 8. The number of hydrogen-bond donors (Lipinski definition) is 3. The summed E-state index contributed by atoms with van der Waals surface area (Å²) in [5, 5.41) is 8.53. The van der Waals surface area contributed by atoms with E-state index in [0.29, 0.717) is 18.5 Å². The van der Waals surface area contributed by atoms with Gasteiger partial charge < -0.3 is 5.11 Å². The maximum absolute atomic E-state index is 13.6. The minimum Gasteiger partial charge on any atom is -0.478 e. The number of carboxylic acids is 1. The molecule has 8 heteroatoms. The van der Waals surface area contributed by atoms with Gasteiger partial charge in [0, 0.05) is 24.7 Å². The van der Waals surface area contributed by atoms with Crippen molar-refractivity contribution in [3.8, 4) is 0 Å². The topological polar surface area (TPSA) is 95.5 Å². The van der Waals surface area contributed by atoms with Crippen molar-refractivity contribution in [2.75, 3.05) is 6.54 Å². The van der Waals surface area contributed by atoms with E-state index in [-0.39, 0.29) is 12.1 Å². The van der Waals surface area contributed by atoms with E-state index in [1.54, 1.807) is 0 Å². The lowest BCUT2D eigenvalue weighted by Crippen LogP contribution is -2.36. The SMILES string of the molecule is CCCNS(=O)(=O)NCc1cc(/C=C/C(=O)O)ccc1F. The molecule has 0 saturated heterocycles. The van der Waals surface area contributed by atoms with Crippen LogP contribution >= 0.6 is 0 Å². The molecule has 0 saturated carbocycles. The van der Waals surface area contributed by atoms with Crippen molar-refractivity contribution in [3.63, 3.8) is 0 Å². The summed E-state index contributed by atoms with van der Waals surface area (Å²) in [5.41, 5.74) is 0.596. The minimum absolute atomic E-state index is 0.129. The molecule has 21 heavy (non-hydrogen) atoms. The Morgan fingerprint density at radius 3 is 2.71 bits per heavy atom. The van der Waals surface area contributed by atoms with Gasteiger partial charge in [-0.1, -0.05) is 13.0 Å². The fraction of sp³-hybridized carbons (Fsp3) is 0.308. The van der Waals surface area contributed by atoms with Crippen molar-refractivity contribution in [1.29, 1.82) is 0 Å². The Labute approximate surface area is 122 Å². The van der Waals surface area contributed by atoms with E-state index in [1.807, 2.05) is 6.92 Å². The first kappa shape index (κ1) is 17.3. The van der Waals surface area contributed by atoms with Crippen LogP contribution in [0.3, 0.4) is 0 Å². The van der Waals surface area contributed by atoms with Crippen molar-refractivity contribution in [1.82, 2.24) is 9.44 Å².